The standard InChI is InChI=1S/C49H48N8O8/c1-62-40-25-32(36-28-51-45(53-36)38-17-11-23-57(38)47(59)43(55-49(61)64-3)30-14-8-5-9-15-30)18-20-34(40)41-26-33-24-31(19-21-39(33)65-41)35-27-50-44(52-35)37-16-10-22-56(37)46(58)42(54-48(60)63-2)29-12-6-4-7-13-29/h4-9,12-15,18-21,24-28,37-38,42-43H,10-11,16-17,22-23H2,1-3H3,(H,50,52)(H,51,53)(H,54,60)(H,55,61)/t37-,38-,42+,43+/m0/s1. The molecule has 4 N–H and O–H groups in total. The molecule has 4 atom stereocenters. The van der Waals surface area contributed by atoms with Crippen molar-refractivity contribution in [2.24, 2.45) is 0 Å². The Morgan fingerprint density at radius 2 is 1.17 bits per heavy atom. The number of aromatic amines is 2. The number of furan rings is 1. The number of carbonyl (C=O) groups is 4. The molecule has 0 spiro atoms. The molecule has 0 bridgehead atoms. The Bertz CT molecular complexity index is 2840. The van der Waals surface area contributed by atoms with E-state index in [-0.39, 0.29) is 23.9 Å². The molecule has 0 aliphatic carbocycles. The number of alkyl carbamates (subject to hydrolysis) is 2. The number of hydrogen-bond donors (Lipinski definition) is 4. The van der Waals surface area contributed by atoms with Gasteiger partial charge in [-0.05, 0) is 73.2 Å². The van der Waals surface area contributed by atoms with Crippen LogP contribution in [-0.2, 0) is 19.1 Å². The first kappa shape index (κ1) is 42.4. The van der Waals surface area contributed by atoms with Crippen LogP contribution in [0.1, 0.15) is 72.6 Å². The molecule has 0 saturated carbocycles. The summed E-state index contributed by atoms with van der Waals surface area (Å²) in [6.07, 6.45) is 5.16. The molecule has 4 amide bonds. The minimum atomic E-state index is -0.913. The zero-order chi connectivity index (χ0) is 45.0. The molecule has 65 heavy (non-hydrogen) atoms. The highest BCUT2D eigenvalue weighted by molar-refractivity contribution is 5.90. The van der Waals surface area contributed by atoms with E-state index in [2.05, 4.69) is 20.6 Å². The Morgan fingerprint density at radius 3 is 1.68 bits per heavy atom. The summed E-state index contributed by atoms with van der Waals surface area (Å²) in [4.78, 5) is 72.4. The Hall–Kier alpha value is -7.88. The number of H-pyrrole nitrogens is 2. The number of rotatable bonds is 12. The summed E-state index contributed by atoms with van der Waals surface area (Å²) in [7, 11) is 4.16. The van der Waals surface area contributed by atoms with E-state index in [1.165, 1.54) is 14.2 Å². The van der Waals surface area contributed by atoms with Crippen LogP contribution in [0, 0.1) is 0 Å². The fourth-order valence-corrected chi connectivity index (χ4v) is 8.89. The van der Waals surface area contributed by atoms with E-state index in [0.717, 1.165) is 52.7 Å². The van der Waals surface area contributed by atoms with Crippen LogP contribution in [0.15, 0.2) is 120 Å². The van der Waals surface area contributed by atoms with Gasteiger partial charge in [0.15, 0.2) is 0 Å². The average Bonchev–Trinajstić information content (AvgIpc) is 4.21. The normalized spacial score (nSPS) is 16.8. The number of hydrogen-bond acceptors (Lipinski definition) is 10. The molecule has 3 aromatic heterocycles. The predicted octanol–water partition coefficient (Wildman–Crippen LogP) is 8.41. The summed E-state index contributed by atoms with van der Waals surface area (Å²) in [5.74, 6) is 2.06. The van der Waals surface area contributed by atoms with Crippen LogP contribution in [0.2, 0.25) is 0 Å². The number of imidazole rings is 2. The summed E-state index contributed by atoms with van der Waals surface area (Å²) in [6.45, 7) is 1.05. The van der Waals surface area contributed by atoms with E-state index < -0.39 is 24.3 Å². The fourth-order valence-electron chi connectivity index (χ4n) is 8.89. The van der Waals surface area contributed by atoms with Crippen LogP contribution in [0.4, 0.5) is 9.59 Å². The summed E-state index contributed by atoms with van der Waals surface area (Å²) < 4.78 is 21.9. The molecule has 332 valence electrons. The smallest absolute Gasteiger partial charge is 0.407 e. The van der Waals surface area contributed by atoms with Gasteiger partial charge in [0.25, 0.3) is 11.8 Å². The van der Waals surface area contributed by atoms with Gasteiger partial charge in [-0.3, -0.25) is 9.59 Å². The molecule has 7 aromatic rings. The maximum Gasteiger partial charge on any atom is 0.407 e. The second-order valence-corrected chi connectivity index (χ2v) is 16.0. The number of fused-ring (bicyclic) bond motifs is 1. The molecule has 4 aromatic carbocycles. The number of methoxy groups -OCH3 is 3. The number of likely N-dealkylation sites (tertiary alicyclic amines) is 2. The monoisotopic (exact) mass is 876 g/mol. The van der Waals surface area contributed by atoms with E-state index in [0.29, 0.717) is 59.4 Å². The summed E-state index contributed by atoms with van der Waals surface area (Å²) in [5, 5.41) is 6.30. The minimum absolute atomic E-state index is 0.235. The maximum atomic E-state index is 14.0. The second-order valence-electron chi connectivity index (χ2n) is 16.0. The number of nitrogens with one attached hydrogen (secondary N) is 4. The van der Waals surface area contributed by atoms with Gasteiger partial charge in [-0.25, -0.2) is 19.6 Å². The first-order chi connectivity index (χ1) is 31.7. The van der Waals surface area contributed by atoms with Crippen molar-refractivity contribution in [1.29, 1.82) is 0 Å². The first-order valence-electron chi connectivity index (χ1n) is 21.4. The SMILES string of the molecule is COC(=O)N[C@@H](C(=O)N1CCC[C@H]1c1ncc(-c2ccc(-c3cc4cc(-c5cnc([C@@H]6CCCN6C(=O)[C@H](NC(=O)OC)c6ccccc6)[nH]5)ccc4o3)c(OC)c2)[nH]1)c1ccccc1. The highest BCUT2D eigenvalue weighted by Crippen LogP contribution is 2.40. The number of amides is 4. The zero-order valence-electron chi connectivity index (χ0n) is 36.1. The predicted molar refractivity (Wildman–Crippen MR) is 240 cm³/mol. The molecule has 0 radical (unpaired) electrons. The van der Waals surface area contributed by atoms with Gasteiger partial charge in [-0.15, -0.1) is 0 Å². The molecule has 2 fully saturated rings. The Morgan fingerprint density at radius 1 is 0.662 bits per heavy atom. The lowest BCUT2D eigenvalue weighted by Crippen LogP contribution is -2.42. The van der Waals surface area contributed by atoms with Crippen LogP contribution in [0.5, 0.6) is 5.75 Å². The minimum Gasteiger partial charge on any atom is -0.496 e. The lowest BCUT2D eigenvalue weighted by molar-refractivity contribution is -0.135. The third-order valence-electron chi connectivity index (χ3n) is 12.2. The summed E-state index contributed by atoms with van der Waals surface area (Å²) in [6, 6.07) is 29.5. The largest absolute Gasteiger partial charge is 0.496 e. The molecule has 2 aliphatic heterocycles. The Balaban J connectivity index is 0.914. The van der Waals surface area contributed by atoms with Crippen LogP contribution in [0.3, 0.4) is 0 Å². The van der Waals surface area contributed by atoms with Crippen molar-refractivity contribution < 1.29 is 37.8 Å². The van der Waals surface area contributed by atoms with E-state index >= 15 is 0 Å². The van der Waals surface area contributed by atoms with Gasteiger partial charge in [0.1, 0.15) is 40.8 Å². The second kappa shape index (κ2) is 18.5. The third kappa shape index (κ3) is 8.62. The molecule has 5 heterocycles. The van der Waals surface area contributed by atoms with Crippen LogP contribution < -0.4 is 15.4 Å². The molecule has 16 heteroatoms. The van der Waals surface area contributed by atoms with Gasteiger partial charge >= 0.3 is 12.2 Å². The summed E-state index contributed by atoms with van der Waals surface area (Å²) >= 11 is 0. The van der Waals surface area contributed by atoms with Crippen LogP contribution in [-0.4, -0.2) is 88.2 Å². The van der Waals surface area contributed by atoms with Gasteiger partial charge in [0.2, 0.25) is 0 Å². The first-order valence-corrected chi connectivity index (χ1v) is 21.4. The highest BCUT2D eigenvalue weighted by Gasteiger charge is 2.38. The van der Waals surface area contributed by atoms with Gasteiger partial charge in [0.05, 0.1) is 62.8 Å². The highest BCUT2D eigenvalue weighted by atomic mass is 16.5. The maximum absolute atomic E-state index is 14.0. The van der Waals surface area contributed by atoms with Crippen molar-refractivity contribution in [3.05, 3.63) is 138 Å². The van der Waals surface area contributed by atoms with Crippen molar-refractivity contribution in [3.63, 3.8) is 0 Å². The topological polar surface area (TPSA) is 197 Å². The lowest BCUT2D eigenvalue weighted by atomic mass is 10.0. The number of benzene rings is 4. The fraction of sp³-hybridized carbons (Fsp3) is 0.265. The Kier molecular flexibility index (Phi) is 12.0. The number of aromatic nitrogens is 4. The van der Waals surface area contributed by atoms with Gasteiger partial charge < -0.3 is 49.0 Å². The van der Waals surface area contributed by atoms with Crippen molar-refractivity contribution in [3.8, 4) is 39.6 Å². The number of nitrogens with zero attached hydrogens (tertiary/aromatic N) is 4. The molecule has 2 aliphatic rings. The third-order valence-corrected chi connectivity index (χ3v) is 12.2. The molecular weight excluding hydrogens is 829 g/mol. The van der Waals surface area contributed by atoms with E-state index in [9.17, 15) is 19.2 Å². The Labute approximate surface area is 374 Å². The van der Waals surface area contributed by atoms with Gasteiger partial charge in [0, 0.05) is 29.6 Å². The van der Waals surface area contributed by atoms with Crippen molar-refractivity contribution >= 4 is 35.0 Å². The summed E-state index contributed by atoms with van der Waals surface area (Å²) in [5.41, 5.74) is 6.04. The molecule has 2 saturated heterocycles. The van der Waals surface area contributed by atoms with Crippen LogP contribution >= 0.6 is 0 Å². The van der Waals surface area contributed by atoms with Crippen LogP contribution in [0.25, 0.3) is 44.8 Å². The van der Waals surface area contributed by atoms with Crippen molar-refractivity contribution in [2.45, 2.75) is 49.9 Å². The van der Waals surface area contributed by atoms with Gasteiger partial charge in [-0.2, -0.15) is 0 Å². The quantitative estimate of drug-likeness (QED) is 0.0925. The number of carbonyl (C=O) groups excluding carboxylic acids is 4. The van der Waals surface area contributed by atoms with E-state index in [1.807, 2.05) is 91.0 Å². The molecule has 16 nitrogen and oxygen atoms in total. The average molecular weight is 877 g/mol. The molecule has 9 rings (SSSR count). The van der Waals surface area contributed by atoms with Crippen molar-refractivity contribution in [2.75, 3.05) is 34.4 Å². The van der Waals surface area contributed by atoms with Crippen molar-refractivity contribution in [1.82, 2.24) is 40.4 Å². The molecular formula is C49H48N8O8. The number of ether oxygens (including phenoxy) is 3. The van der Waals surface area contributed by atoms with E-state index in [1.54, 1.807) is 41.4 Å². The molecule has 0 unspecified atom stereocenters. The zero-order valence-corrected chi connectivity index (χ0v) is 36.1. The van der Waals surface area contributed by atoms with E-state index in [4.69, 9.17) is 28.6 Å². The lowest BCUT2D eigenvalue weighted by Gasteiger charge is -2.28. The van der Waals surface area contributed by atoms with Gasteiger partial charge in [-0.1, -0.05) is 66.7 Å².